The number of halogens is 3. The molecule has 2 aromatic heterocycles. The number of aromatic nitrogens is 3. The minimum Gasteiger partial charge on any atom is -0.353 e. The van der Waals surface area contributed by atoms with Gasteiger partial charge >= 0.3 is 0 Å². The summed E-state index contributed by atoms with van der Waals surface area (Å²) in [5, 5.41) is 5.64. The van der Waals surface area contributed by atoms with Crippen LogP contribution in [-0.4, -0.2) is 47.0 Å². The summed E-state index contributed by atoms with van der Waals surface area (Å²) in [6.45, 7) is 1.30. The van der Waals surface area contributed by atoms with Crippen molar-refractivity contribution in [3.05, 3.63) is 60.0 Å². The maximum atomic E-state index is 14.0. The van der Waals surface area contributed by atoms with Gasteiger partial charge in [-0.05, 0) is 26.2 Å². The van der Waals surface area contributed by atoms with Gasteiger partial charge in [0, 0.05) is 37.5 Å². The lowest BCUT2D eigenvalue weighted by Gasteiger charge is -2.13. The molecule has 0 aliphatic rings. The lowest BCUT2D eigenvalue weighted by molar-refractivity contribution is 0.425. The molecule has 0 unspecified atom stereocenters. The molecule has 0 atom stereocenters. The van der Waals surface area contributed by atoms with E-state index in [4.69, 9.17) is 0 Å². The van der Waals surface area contributed by atoms with E-state index in [1.165, 1.54) is 6.07 Å². The third-order valence-corrected chi connectivity index (χ3v) is 3.76. The monoisotopic (exact) mass is 388 g/mol. The van der Waals surface area contributed by atoms with E-state index in [1.54, 1.807) is 24.4 Å². The van der Waals surface area contributed by atoms with Crippen molar-refractivity contribution in [3.8, 4) is 11.4 Å². The summed E-state index contributed by atoms with van der Waals surface area (Å²) in [5.41, 5.74) is 0.545. The first-order chi connectivity index (χ1) is 13.4. The number of nitrogens with one attached hydrogen (secondary N) is 2. The molecule has 2 heterocycles. The molecule has 0 bridgehead atoms. The standard InChI is InChI=1S/C19H19F3N6/c1-28(2)8-7-24-19-25-16(15-5-3-4-6-23-15)11-17(27-19)26-18-13(21)9-12(20)10-14(18)22/h3-6,9-11H,7-8H2,1-2H3,(H2,24,25,26,27). The minimum atomic E-state index is -1.06. The Labute approximate surface area is 160 Å². The molecule has 6 nitrogen and oxygen atoms in total. The van der Waals surface area contributed by atoms with E-state index in [9.17, 15) is 13.2 Å². The van der Waals surface area contributed by atoms with Gasteiger partial charge in [0.1, 0.15) is 17.3 Å². The summed E-state index contributed by atoms with van der Waals surface area (Å²) in [6, 6.07) is 8.04. The summed E-state index contributed by atoms with van der Waals surface area (Å²) >= 11 is 0. The van der Waals surface area contributed by atoms with Crippen molar-refractivity contribution >= 4 is 17.5 Å². The van der Waals surface area contributed by atoms with Crippen molar-refractivity contribution in [1.82, 2.24) is 19.9 Å². The number of benzene rings is 1. The van der Waals surface area contributed by atoms with E-state index >= 15 is 0 Å². The van der Waals surface area contributed by atoms with Gasteiger partial charge in [-0.25, -0.2) is 18.2 Å². The molecule has 0 amide bonds. The van der Waals surface area contributed by atoms with Crippen LogP contribution in [0, 0.1) is 17.5 Å². The van der Waals surface area contributed by atoms with Crippen molar-refractivity contribution in [1.29, 1.82) is 0 Å². The van der Waals surface area contributed by atoms with E-state index in [-0.39, 0.29) is 11.8 Å². The third kappa shape index (κ3) is 4.95. The molecular weight excluding hydrogens is 369 g/mol. The van der Waals surface area contributed by atoms with Crippen LogP contribution in [0.3, 0.4) is 0 Å². The Balaban J connectivity index is 1.95. The van der Waals surface area contributed by atoms with E-state index in [0.717, 1.165) is 6.54 Å². The molecule has 0 fully saturated rings. The van der Waals surface area contributed by atoms with E-state index < -0.39 is 23.1 Å². The van der Waals surface area contributed by atoms with Crippen LogP contribution in [0.2, 0.25) is 0 Å². The fourth-order valence-electron chi connectivity index (χ4n) is 2.42. The molecule has 0 spiro atoms. The first-order valence-corrected chi connectivity index (χ1v) is 8.53. The molecule has 0 saturated carbocycles. The van der Waals surface area contributed by atoms with E-state index in [0.29, 0.717) is 30.1 Å². The fourth-order valence-corrected chi connectivity index (χ4v) is 2.42. The van der Waals surface area contributed by atoms with Crippen molar-refractivity contribution in [3.63, 3.8) is 0 Å². The molecule has 0 radical (unpaired) electrons. The second kappa shape index (κ2) is 8.66. The molecular formula is C19H19F3N6. The number of pyridine rings is 1. The highest BCUT2D eigenvalue weighted by atomic mass is 19.1. The Morgan fingerprint density at radius 2 is 1.71 bits per heavy atom. The highest BCUT2D eigenvalue weighted by Gasteiger charge is 2.14. The van der Waals surface area contributed by atoms with Crippen LogP contribution in [0.1, 0.15) is 0 Å². The smallest absolute Gasteiger partial charge is 0.225 e. The Hall–Kier alpha value is -3.20. The van der Waals surface area contributed by atoms with Crippen LogP contribution in [0.5, 0.6) is 0 Å². The number of hydrogen-bond acceptors (Lipinski definition) is 6. The van der Waals surface area contributed by atoms with Gasteiger partial charge in [-0.3, -0.25) is 4.98 Å². The first-order valence-electron chi connectivity index (χ1n) is 8.53. The lowest BCUT2D eigenvalue weighted by atomic mass is 10.2. The van der Waals surface area contributed by atoms with E-state index in [1.807, 2.05) is 19.0 Å². The summed E-state index contributed by atoms with van der Waals surface area (Å²) in [7, 11) is 3.86. The number of hydrogen-bond donors (Lipinski definition) is 2. The van der Waals surface area contributed by atoms with Crippen LogP contribution in [0.25, 0.3) is 11.4 Å². The Morgan fingerprint density at radius 3 is 2.36 bits per heavy atom. The number of rotatable bonds is 7. The molecule has 2 N–H and O–H groups in total. The van der Waals surface area contributed by atoms with Gasteiger partial charge in [0.2, 0.25) is 5.95 Å². The maximum absolute atomic E-state index is 14.0. The molecule has 1 aromatic carbocycles. The summed E-state index contributed by atoms with van der Waals surface area (Å²) in [5.74, 6) is -2.69. The van der Waals surface area contributed by atoms with Crippen molar-refractivity contribution in [2.45, 2.75) is 0 Å². The molecule has 3 rings (SSSR count). The molecule has 0 aliphatic carbocycles. The topological polar surface area (TPSA) is 66.0 Å². The maximum Gasteiger partial charge on any atom is 0.225 e. The highest BCUT2D eigenvalue weighted by molar-refractivity contribution is 5.65. The van der Waals surface area contributed by atoms with Crippen LogP contribution < -0.4 is 10.6 Å². The summed E-state index contributed by atoms with van der Waals surface area (Å²) in [6.07, 6.45) is 1.61. The minimum absolute atomic E-state index is 0.146. The Morgan fingerprint density at radius 1 is 0.964 bits per heavy atom. The van der Waals surface area contributed by atoms with Gasteiger partial charge in [0.15, 0.2) is 11.6 Å². The van der Waals surface area contributed by atoms with Gasteiger partial charge in [0.25, 0.3) is 0 Å². The van der Waals surface area contributed by atoms with Crippen molar-refractivity contribution in [2.24, 2.45) is 0 Å². The van der Waals surface area contributed by atoms with Crippen LogP contribution >= 0.6 is 0 Å². The molecule has 0 saturated heterocycles. The second-order valence-electron chi connectivity index (χ2n) is 6.28. The third-order valence-electron chi connectivity index (χ3n) is 3.76. The lowest BCUT2D eigenvalue weighted by Crippen LogP contribution is -2.21. The average molecular weight is 388 g/mol. The normalized spacial score (nSPS) is 10.9. The molecule has 9 heteroatoms. The zero-order valence-corrected chi connectivity index (χ0v) is 15.4. The van der Waals surface area contributed by atoms with Crippen LogP contribution in [0.15, 0.2) is 42.6 Å². The quantitative estimate of drug-likeness (QED) is 0.644. The first kappa shape index (κ1) is 19.6. The fraction of sp³-hybridized carbons (Fsp3) is 0.211. The molecule has 3 aromatic rings. The molecule has 28 heavy (non-hydrogen) atoms. The van der Waals surface area contributed by atoms with E-state index in [2.05, 4.69) is 25.6 Å². The van der Waals surface area contributed by atoms with Gasteiger partial charge in [-0.2, -0.15) is 4.98 Å². The largest absolute Gasteiger partial charge is 0.353 e. The van der Waals surface area contributed by atoms with Crippen LogP contribution in [0.4, 0.5) is 30.6 Å². The average Bonchev–Trinajstić information content (AvgIpc) is 2.65. The van der Waals surface area contributed by atoms with Crippen LogP contribution in [-0.2, 0) is 0 Å². The summed E-state index contributed by atoms with van der Waals surface area (Å²) in [4.78, 5) is 14.9. The number of anilines is 3. The van der Waals surface area contributed by atoms with Gasteiger partial charge in [0.05, 0.1) is 11.4 Å². The predicted molar refractivity (Wildman–Crippen MR) is 102 cm³/mol. The summed E-state index contributed by atoms with van der Waals surface area (Å²) < 4.78 is 41.1. The van der Waals surface area contributed by atoms with Gasteiger partial charge < -0.3 is 15.5 Å². The zero-order chi connectivity index (χ0) is 20.1. The molecule has 0 aliphatic heterocycles. The SMILES string of the molecule is CN(C)CCNc1nc(Nc2c(F)cc(F)cc2F)cc(-c2ccccn2)n1. The number of likely N-dealkylation sites (N-methyl/N-ethyl adjacent to an activating group) is 1. The highest BCUT2D eigenvalue weighted by Crippen LogP contribution is 2.26. The molecule has 146 valence electrons. The van der Waals surface area contributed by atoms with Crippen molar-refractivity contribution in [2.75, 3.05) is 37.8 Å². The van der Waals surface area contributed by atoms with Gasteiger partial charge in [-0.15, -0.1) is 0 Å². The number of nitrogens with zero attached hydrogens (tertiary/aromatic N) is 4. The zero-order valence-electron chi connectivity index (χ0n) is 15.4. The van der Waals surface area contributed by atoms with Crippen molar-refractivity contribution < 1.29 is 13.2 Å². The predicted octanol–water partition coefficient (Wildman–Crippen LogP) is 3.67. The Kier molecular flexibility index (Phi) is 6.05. The Bertz CT molecular complexity index is 927. The second-order valence-corrected chi connectivity index (χ2v) is 6.28. The van der Waals surface area contributed by atoms with Gasteiger partial charge in [-0.1, -0.05) is 6.07 Å².